The molecule has 0 radical (unpaired) electrons. The number of likely N-dealkylation sites (N-methyl/N-ethyl adjacent to an activating group) is 2. The fourth-order valence-corrected chi connectivity index (χ4v) is 2.00. The van der Waals surface area contributed by atoms with Crippen LogP contribution in [0.4, 0.5) is 5.69 Å². The minimum absolute atomic E-state index is 0.624. The second-order valence-electron chi connectivity index (χ2n) is 5.44. The maximum absolute atomic E-state index is 9.85. The molecule has 0 atom stereocenters. The molecule has 3 nitrogen and oxygen atoms in total. The van der Waals surface area contributed by atoms with E-state index in [1.165, 1.54) is 5.69 Å². The quantitative estimate of drug-likeness (QED) is 0.804. The number of hydrogen-bond acceptors (Lipinski definition) is 3. The molecule has 0 aliphatic heterocycles. The standard InChI is InChI=1S/C15H26N2O/c1-5-17(13-15(2,3)18)12-11-16(4)14-9-7-6-8-10-14/h6-10,18H,5,11-13H2,1-4H3. The van der Waals surface area contributed by atoms with Crippen LogP contribution in [-0.4, -0.2) is 48.8 Å². The van der Waals surface area contributed by atoms with Crippen LogP contribution in [-0.2, 0) is 0 Å². The van der Waals surface area contributed by atoms with Gasteiger partial charge in [-0.15, -0.1) is 0 Å². The van der Waals surface area contributed by atoms with Crippen molar-refractivity contribution >= 4 is 5.69 Å². The molecule has 0 spiro atoms. The van der Waals surface area contributed by atoms with Crippen LogP contribution in [0.2, 0.25) is 0 Å². The van der Waals surface area contributed by atoms with E-state index < -0.39 is 5.60 Å². The number of rotatable bonds is 7. The lowest BCUT2D eigenvalue weighted by molar-refractivity contribution is 0.0388. The number of anilines is 1. The zero-order valence-electron chi connectivity index (χ0n) is 12.1. The first kappa shape index (κ1) is 15.0. The lowest BCUT2D eigenvalue weighted by atomic mass is 10.1. The molecule has 1 N–H and O–H groups in total. The maximum Gasteiger partial charge on any atom is 0.0718 e. The molecule has 0 unspecified atom stereocenters. The van der Waals surface area contributed by atoms with Crippen LogP contribution in [0.3, 0.4) is 0 Å². The average Bonchev–Trinajstić information content (AvgIpc) is 2.33. The summed E-state index contributed by atoms with van der Waals surface area (Å²) in [5, 5.41) is 9.85. The molecule has 0 bridgehead atoms. The summed E-state index contributed by atoms with van der Waals surface area (Å²) in [6, 6.07) is 10.4. The Kier molecular flexibility index (Phi) is 5.63. The number of para-hydroxylation sites is 1. The van der Waals surface area contributed by atoms with Gasteiger partial charge in [0.15, 0.2) is 0 Å². The lowest BCUT2D eigenvalue weighted by Gasteiger charge is -2.30. The smallest absolute Gasteiger partial charge is 0.0718 e. The van der Waals surface area contributed by atoms with Crippen LogP contribution < -0.4 is 4.90 Å². The van der Waals surface area contributed by atoms with Gasteiger partial charge in [0.05, 0.1) is 5.60 Å². The van der Waals surface area contributed by atoms with Crippen LogP contribution in [0.15, 0.2) is 30.3 Å². The highest BCUT2D eigenvalue weighted by Crippen LogP contribution is 2.11. The van der Waals surface area contributed by atoms with Gasteiger partial charge in [-0.2, -0.15) is 0 Å². The second-order valence-corrected chi connectivity index (χ2v) is 5.44. The van der Waals surface area contributed by atoms with E-state index in [1.54, 1.807) is 0 Å². The van der Waals surface area contributed by atoms with Crippen molar-refractivity contribution in [1.82, 2.24) is 4.90 Å². The van der Waals surface area contributed by atoms with Crippen molar-refractivity contribution in [1.29, 1.82) is 0 Å². The highest BCUT2D eigenvalue weighted by Gasteiger charge is 2.17. The minimum atomic E-state index is -0.624. The van der Waals surface area contributed by atoms with E-state index in [9.17, 15) is 5.11 Å². The molecular formula is C15H26N2O. The summed E-state index contributed by atoms with van der Waals surface area (Å²) in [5.74, 6) is 0. The van der Waals surface area contributed by atoms with Gasteiger partial charge in [-0.3, -0.25) is 4.90 Å². The van der Waals surface area contributed by atoms with Crippen LogP contribution in [0.5, 0.6) is 0 Å². The van der Waals surface area contributed by atoms with Crippen LogP contribution >= 0.6 is 0 Å². The van der Waals surface area contributed by atoms with E-state index >= 15 is 0 Å². The largest absolute Gasteiger partial charge is 0.389 e. The zero-order valence-corrected chi connectivity index (χ0v) is 12.1. The average molecular weight is 250 g/mol. The molecule has 1 rings (SSSR count). The highest BCUT2D eigenvalue weighted by atomic mass is 16.3. The highest BCUT2D eigenvalue weighted by molar-refractivity contribution is 5.44. The van der Waals surface area contributed by atoms with Crippen molar-refractivity contribution in [2.45, 2.75) is 26.4 Å². The second kappa shape index (κ2) is 6.76. The Hall–Kier alpha value is -1.06. The molecule has 0 heterocycles. The summed E-state index contributed by atoms with van der Waals surface area (Å²) in [6.07, 6.45) is 0. The van der Waals surface area contributed by atoms with Gasteiger partial charge < -0.3 is 10.0 Å². The third-order valence-corrected chi connectivity index (χ3v) is 3.01. The minimum Gasteiger partial charge on any atom is -0.389 e. The molecule has 0 aliphatic rings. The Morgan fingerprint density at radius 3 is 2.22 bits per heavy atom. The molecule has 18 heavy (non-hydrogen) atoms. The fourth-order valence-electron chi connectivity index (χ4n) is 2.00. The SMILES string of the molecule is CCN(CCN(C)c1ccccc1)CC(C)(C)O. The summed E-state index contributed by atoms with van der Waals surface area (Å²) in [7, 11) is 2.10. The zero-order chi connectivity index (χ0) is 13.6. The Balaban J connectivity index is 2.43. The number of nitrogens with zero attached hydrogens (tertiary/aromatic N) is 2. The van der Waals surface area contributed by atoms with Crippen LogP contribution in [0.1, 0.15) is 20.8 Å². The maximum atomic E-state index is 9.85. The molecule has 0 aromatic heterocycles. The van der Waals surface area contributed by atoms with Gasteiger partial charge in [-0.05, 0) is 32.5 Å². The Labute approximate surface area is 111 Å². The van der Waals surface area contributed by atoms with Gasteiger partial charge in [0.2, 0.25) is 0 Å². The molecule has 102 valence electrons. The van der Waals surface area contributed by atoms with Crippen molar-refractivity contribution in [3.63, 3.8) is 0 Å². The van der Waals surface area contributed by atoms with Gasteiger partial charge in [-0.1, -0.05) is 25.1 Å². The molecule has 0 amide bonds. The molecule has 0 fully saturated rings. The number of hydrogen-bond donors (Lipinski definition) is 1. The number of aliphatic hydroxyl groups is 1. The summed E-state index contributed by atoms with van der Waals surface area (Å²) in [4.78, 5) is 4.52. The van der Waals surface area contributed by atoms with Crippen molar-refractivity contribution in [3.8, 4) is 0 Å². The van der Waals surface area contributed by atoms with E-state index in [1.807, 2.05) is 19.9 Å². The monoisotopic (exact) mass is 250 g/mol. The van der Waals surface area contributed by atoms with E-state index in [0.717, 1.165) is 19.6 Å². The Morgan fingerprint density at radius 1 is 1.11 bits per heavy atom. The number of benzene rings is 1. The van der Waals surface area contributed by atoms with Gasteiger partial charge in [0, 0.05) is 32.4 Å². The van der Waals surface area contributed by atoms with Crippen molar-refractivity contribution < 1.29 is 5.11 Å². The molecule has 0 saturated heterocycles. The summed E-state index contributed by atoms with van der Waals surface area (Å²) >= 11 is 0. The summed E-state index contributed by atoms with van der Waals surface area (Å²) in [5.41, 5.74) is 0.609. The first-order chi connectivity index (χ1) is 8.42. The van der Waals surface area contributed by atoms with E-state index in [0.29, 0.717) is 6.54 Å². The molecular weight excluding hydrogens is 224 g/mol. The van der Waals surface area contributed by atoms with Gasteiger partial charge in [0.25, 0.3) is 0 Å². The normalized spacial score (nSPS) is 11.9. The van der Waals surface area contributed by atoms with Crippen LogP contribution in [0, 0.1) is 0 Å². The Bertz CT molecular complexity index is 332. The summed E-state index contributed by atoms with van der Waals surface area (Å²) in [6.45, 7) is 9.46. The van der Waals surface area contributed by atoms with E-state index in [4.69, 9.17) is 0 Å². The molecule has 1 aromatic rings. The van der Waals surface area contributed by atoms with Crippen LogP contribution in [0.25, 0.3) is 0 Å². The van der Waals surface area contributed by atoms with E-state index in [-0.39, 0.29) is 0 Å². The van der Waals surface area contributed by atoms with Gasteiger partial charge >= 0.3 is 0 Å². The topological polar surface area (TPSA) is 26.7 Å². The predicted molar refractivity (Wildman–Crippen MR) is 78.1 cm³/mol. The van der Waals surface area contributed by atoms with Crippen molar-refractivity contribution in [3.05, 3.63) is 30.3 Å². The molecule has 0 aliphatic carbocycles. The molecule has 0 saturated carbocycles. The third kappa shape index (κ3) is 5.52. The Morgan fingerprint density at radius 2 is 1.72 bits per heavy atom. The predicted octanol–water partition coefficient (Wildman–Crippen LogP) is 2.22. The van der Waals surface area contributed by atoms with Crippen molar-refractivity contribution in [2.24, 2.45) is 0 Å². The third-order valence-electron chi connectivity index (χ3n) is 3.01. The van der Waals surface area contributed by atoms with Crippen molar-refractivity contribution in [2.75, 3.05) is 38.1 Å². The first-order valence-electron chi connectivity index (χ1n) is 6.63. The molecule has 1 aromatic carbocycles. The lowest BCUT2D eigenvalue weighted by Crippen LogP contribution is -2.42. The fraction of sp³-hybridized carbons (Fsp3) is 0.600. The molecule has 3 heteroatoms. The van der Waals surface area contributed by atoms with Gasteiger partial charge in [-0.25, -0.2) is 0 Å². The van der Waals surface area contributed by atoms with Gasteiger partial charge in [0.1, 0.15) is 0 Å². The summed E-state index contributed by atoms with van der Waals surface area (Å²) < 4.78 is 0. The van der Waals surface area contributed by atoms with E-state index in [2.05, 4.69) is 48.0 Å². The first-order valence-corrected chi connectivity index (χ1v) is 6.63.